The van der Waals surface area contributed by atoms with Gasteiger partial charge in [0.2, 0.25) is 0 Å². The summed E-state index contributed by atoms with van der Waals surface area (Å²) in [7, 11) is 0. The Balaban J connectivity index is 1.32. The standard InChI is InChI=1S/C25H28N4O2S/c1-2-8-18-11-12-21-20(15-18)24(31)29-17-22(32-25(29)28-21)23(30)27-14-6-4-3-5-9-19-10-7-13-26-16-19/h7,10-13,15-17H,2-6,8-9,14H2,1H3,(H,27,30). The molecule has 0 saturated carbocycles. The van der Waals surface area contributed by atoms with Crippen molar-refractivity contribution < 1.29 is 4.79 Å². The maximum Gasteiger partial charge on any atom is 0.266 e. The van der Waals surface area contributed by atoms with Crippen LogP contribution in [-0.2, 0) is 12.8 Å². The van der Waals surface area contributed by atoms with E-state index in [0.717, 1.165) is 50.5 Å². The van der Waals surface area contributed by atoms with Crippen LogP contribution in [0.2, 0.25) is 0 Å². The van der Waals surface area contributed by atoms with Gasteiger partial charge in [0.1, 0.15) is 4.88 Å². The van der Waals surface area contributed by atoms with Gasteiger partial charge in [0.15, 0.2) is 4.96 Å². The molecule has 7 heteroatoms. The molecule has 0 fully saturated rings. The molecule has 0 radical (unpaired) electrons. The highest BCUT2D eigenvalue weighted by Crippen LogP contribution is 2.19. The number of aryl methyl sites for hydroxylation is 2. The van der Waals surface area contributed by atoms with E-state index in [1.165, 1.54) is 21.3 Å². The molecule has 1 aromatic carbocycles. The summed E-state index contributed by atoms with van der Waals surface area (Å²) in [6.07, 6.45) is 12.6. The van der Waals surface area contributed by atoms with Crippen molar-refractivity contribution in [2.45, 2.75) is 51.9 Å². The van der Waals surface area contributed by atoms with E-state index in [2.05, 4.69) is 28.3 Å². The lowest BCUT2D eigenvalue weighted by molar-refractivity contribution is 0.0956. The normalized spacial score (nSPS) is 11.3. The van der Waals surface area contributed by atoms with Gasteiger partial charge in [-0.25, -0.2) is 4.98 Å². The van der Waals surface area contributed by atoms with Crippen molar-refractivity contribution in [3.05, 3.63) is 75.3 Å². The fraction of sp³-hybridized carbons (Fsp3) is 0.360. The summed E-state index contributed by atoms with van der Waals surface area (Å²) in [5.74, 6) is -0.147. The molecule has 0 spiro atoms. The number of nitrogens with zero attached hydrogens (tertiary/aromatic N) is 3. The van der Waals surface area contributed by atoms with Crippen LogP contribution in [0.1, 0.15) is 59.8 Å². The zero-order chi connectivity index (χ0) is 22.3. The molecule has 0 aliphatic carbocycles. The van der Waals surface area contributed by atoms with Crippen LogP contribution in [0.25, 0.3) is 15.9 Å². The number of hydrogen-bond acceptors (Lipinski definition) is 5. The van der Waals surface area contributed by atoms with Gasteiger partial charge in [0.25, 0.3) is 11.5 Å². The molecule has 0 unspecified atom stereocenters. The third-order valence-electron chi connectivity index (χ3n) is 5.54. The number of rotatable bonds is 10. The molecule has 1 amide bonds. The lowest BCUT2D eigenvalue weighted by Gasteiger charge is -2.04. The lowest BCUT2D eigenvalue weighted by atomic mass is 10.1. The first kappa shape index (κ1) is 22.1. The van der Waals surface area contributed by atoms with Crippen molar-refractivity contribution in [1.29, 1.82) is 0 Å². The van der Waals surface area contributed by atoms with Crippen molar-refractivity contribution >= 4 is 33.1 Å². The van der Waals surface area contributed by atoms with E-state index in [-0.39, 0.29) is 11.5 Å². The van der Waals surface area contributed by atoms with Crippen LogP contribution in [0.5, 0.6) is 0 Å². The first-order chi connectivity index (χ1) is 15.7. The summed E-state index contributed by atoms with van der Waals surface area (Å²) >= 11 is 1.25. The summed E-state index contributed by atoms with van der Waals surface area (Å²) in [5.41, 5.74) is 2.96. The Hall–Kier alpha value is -3.06. The van der Waals surface area contributed by atoms with Crippen LogP contribution in [0.4, 0.5) is 0 Å². The highest BCUT2D eigenvalue weighted by atomic mass is 32.1. The van der Waals surface area contributed by atoms with E-state index in [0.29, 0.717) is 27.3 Å². The minimum Gasteiger partial charge on any atom is -0.351 e. The molecular weight excluding hydrogens is 420 g/mol. The van der Waals surface area contributed by atoms with Crippen LogP contribution >= 0.6 is 11.3 Å². The smallest absolute Gasteiger partial charge is 0.266 e. The van der Waals surface area contributed by atoms with E-state index in [1.807, 2.05) is 30.5 Å². The van der Waals surface area contributed by atoms with Crippen LogP contribution in [0, 0.1) is 0 Å². The van der Waals surface area contributed by atoms with E-state index in [4.69, 9.17) is 0 Å². The first-order valence-corrected chi connectivity index (χ1v) is 12.1. The fourth-order valence-corrected chi connectivity index (χ4v) is 4.74. The number of unbranched alkanes of at least 4 members (excludes halogenated alkanes) is 3. The van der Waals surface area contributed by atoms with Gasteiger partial charge < -0.3 is 5.32 Å². The topological polar surface area (TPSA) is 76.4 Å². The molecule has 4 rings (SSSR count). The Morgan fingerprint density at radius 3 is 2.78 bits per heavy atom. The molecule has 4 aromatic rings. The third-order valence-corrected chi connectivity index (χ3v) is 6.52. The Labute approximate surface area is 191 Å². The van der Waals surface area contributed by atoms with E-state index >= 15 is 0 Å². The van der Waals surface area contributed by atoms with Gasteiger partial charge in [-0.1, -0.05) is 49.7 Å². The van der Waals surface area contributed by atoms with E-state index in [1.54, 1.807) is 12.4 Å². The Morgan fingerprint density at radius 1 is 1.09 bits per heavy atom. The Kier molecular flexibility index (Phi) is 7.27. The molecule has 0 atom stereocenters. The second-order valence-electron chi connectivity index (χ2n) is 8.05. The maximum atomic E-state index is 12.9. The van der Waals surface area contributed by atoms with Gasteiger partial charge in [-0.05, 0) is 55.0 Å². The SMILES string of the molecule is CCCc1ccc2nc3sc(C(=O)NCCCCCCc4cccnc4)cn3c(=O)c2c1. The van der Waals surface area contributed by atoms with Crippen LogP contribution in [0.3, 0.4) is 0 Å². The predicted molar refractivity (Wildman–Crippen MR) is 130 cm³/mol. The molecule has 0 saturated heterocycles. The lowest BCUT2D eigenvalue weighted by Crippen LogP contribution is -2.23. The molecule has 0 aliphatic rings. The number of thiazole rings is 1. The minimum atomic E-state index is -0.147. The summed E-state index contributed by atoms with van der Waals surface area (Å²) in [4.78, 5) is 35.3. The monoisotopic (exact) mass is 448 g/mol. The molecule has 166 valence electrons. The molecular formula is C25H28N4O2S. The molecule has 6 nitrogen and oxygen atoms in total. The van der Waals surface area contributed by atoms with Gasteiger partial charge >= 0.3 is 0 Å². The van der Waals surface area contributed by atoms with Crippen molar-refractivity contribution in [2.24, 2.45) is 0 Å². The zero-order valence-electron chi connectivity index (χ0n) is 18.3. The molecule has 0 aliphatic heterocycles. The summed E-state index contributed by atoms with van der Waals surface area (Å²) in [6.45, 7) is 2.75. The minimum absolute atomic E-state index is 0.119. The average molecular weight is 449 g/mol. The van der Waals surface area contributed by atoms with E-state index in [9.17, 15) is 9.59 Å². The summed E-state index contributed by atoms with van der Waals surface area (Å²) in [5, 5.41) is 3.58. The number of aromatic nitrogens is 3. The third kappa shape index (κ3) is 5.22. The molecule has 32 heavy (non-hydrogen) atoms. The molecule has 1 N–H and O–H groups in total. The first-order valence-electron chi connectivity index (χ1n) is 11.3. The molecule has 3 heterocycles. The summed E-state index contributed by atoms with van der Waals surface area (Å²) in [6, 6.07) is 9.91. The number of carbonyl (C=O) groups excluding carboxylic acids is 1. The Morgan fingerprint density at radius 2 is 1.97 bits per heavy atom. The van der Waals surface area contributed by atoms with Gasteiger partial charge in [-0.15, -0.1) is 0 Å². The number of nitrogens with one attached hydrogen (secondary N) is 1. The number of benzene rings is 1. The van der Waals surface area contributed by atoms with Crippen molar-refractivity contribution in [3.8, 4) is 0 Å². The number of carbonyl (C=O) groups is 1. The fourth-order valence-electron chi connectivity index (χ4n) is 3.85. The summed E-state index contributed by atoms with van der Waals surface area (Å²) < 4.78 is 1.50. The maximum absolute atomic E-state index is 12.9. The van der Waals surface area contributed by atoms with Crippen LogP contribution < -0.4 is 10.9 Å². The quantitative estimate of drug-likeness (QED) is 0.354. The highest BCUT2D eigenvalue weighted by Gasteiger charge is 2.14. The van der Waals surface area contributed by atoms with Crippen LogP contribution in [0.15, 0.2) is 53.7 Å². The van der Waals surface area contributed by atoms with Gasteiger partial charge in [0.05, 0.1) is 10.9 Å². The highest BCUT2D eigenvalue weighted by molar-refractivity contribution is 7.18. The predicted octanol–water partition coefficient (Wildman–Crippen LogP) is 4.79. The van der Waals surface area contributed by atoms with Crippen molar-refractivity contribution in [3.63, 3.8) is 0 Å². The average Bonchev–Trinajstić information content (AvgIpc) is 3.24. The zero-order valence-corrected chi connectivity index (χ0v) is 19.2. The van der Waals surface area contributed by atoms with E-state index < -0.39 is 0 Å². The number of pyridine rings is 1. The molecule has 3 aromatic heterocycles. The largest absolute Gasteiger partial charge is 0.351 e. The number of hydrogen-bond donors (Lipinski definition) is 1. The second kappa shape index (κ2) is 10.5. The second-order valence-corrected chi connectivity index (χ2v) is 9.06. The van der Waals surface area contributed by atoms with Crippen molar-refractivity contribution in [1.82, 2.24) is 19.7 Å². The molecule has 0 bridgehead atoms. The number of amides is 1. The van der Waals surface area contributed by atoms with Gasteiger partial charge in [0, 0.05) is 25.1 Å². The van der Waals surface area contributed by atoms with Gasteiger partial charge in [-0.3, -0.25) is 19.0 Å². The Bertz CT molecular complexity index is 1260. The van der Waals surface area contributed by atoms with Crippen LogP contribution in [-0.4, -0.2) is 26.8 Å². The van der Waals surface area contributed by atoms with Gasteiger partial charge in [-0.2, -0.15) is 0 Å². The number of fused-ring (bicyclic) bond motifs is 2. The van der Waals surface area contributed by atoms with Crippen molar-refractivity contribution in [2.75, 3.05) is 6.54 Å².